The van der Waals surface area contributed by atoms with E-state index in [2.05, 4.69) is 5.32 Å². The largest absolute Gasteiger partial charge is 0.485 e. The number of benzene rings is 1. The number of ether oxygens (including phenoxy) is 2. The van der Waals surface area contributed by atoms with Gasteiger partial charge < -0.3 is 14.8 Å². The highest BCUT2D eigenvalue weighted by molar-refractivity contribution is 5.75. The summed E-state index contributed by atoms with van der Waals surface area (Å²) < 4.78 is 13.2. The van der Waals surface area contributed by atoms with Gasteiger partial charge in [0.25, 0.3) is 0 Å². The van der Waals surface area contributed by atoms with E-state index in [0.717, 1.165) is 41.3 Å². The Morgan fingerprint density at radius 3 is 2.70 bits per heavy atom. The predicted octanol–water partition coefficient (Wildman–Crippen LogP) is 4.94. The summed E-state index contributed by atoms with van der Waals surface area (Å²) in [4.78, 5) is 16.9. The maximum absolute atomic E-state index is 11.9. The van der Waals surface area contributed by atoms with Crippen molar-refractivity contribution in [2.75, 3.05) is 18.5 Å². The minimum Gasteiger partial charge on any atom is -0.485 e. The Labute approximate surface area is 177 Å². The summed E-state index contributed by atoms with van der Waals surface area (Å²) in [5, 5.41) is 3.29. The van der Waals surface area contributed by atoms with E-state index in [0.29, 0.717) is 19.1 Å². The van der Waals surface area contributed by atoms with Crippen molar-refractivity contribution in [3.63, 3.8) is 0 Å². The minimum absolute atomic E-state index is 0.121. The number of anilines is 1. The number of fused-ring (bicyclic) bond motifs is 1. The van der Waals surface area contributed by atoms with Gasteiger partial charge in [0.2, 0.25) is 0 Å². The van der Waals surface area contributed by atoms with Crippen LogP contribution >= 0.6 is 0 Å². The molecule has 4 rings (SSSR count). The molecular weight excluding hydrogens is 378 g/mol. The van der Waals surface area contributed by atoms with Gasteiger partial charge in [-0.25, -0.2) is 4.98 Å². The summed E-state index contributed by atoms with van der Waals surface area (Å²) in [6.07, 6.45) is 7.93. The molecule has 1 aliphatic carbocycles. The Morgan fingerprint density at radius 1 is 1.13 bits per heavy atom. The van der Waals surface area contributed by atoms with Crippen LogP contribution in [0.25, 0.3) is 5.65 Å². The van der Waals surface area contributed by atoms with Crippen molar-refractivity contribution >= 4 is 17.4 Å². The molecule has 1 aliphatic rings. The Bertz CT molecular complexity index is 978. The number of hydrogen-bond donors (Lipinski definition) is 1. The number of rotatable bonds is 8. The van der Waals surface area contributed by atoms with Crippen molar-refractivity contribution in [2.24, 2.45) is 0 Å². The second-order valence-corrected chi connectivity index (χ2v) is 7.68. The first-order chi connectivity index (χ1) is 14.8. The number of carbonyl (C=O) groups excluding carboxylic acids is 1. The summed E-state index contributed by atoms with van der Waals surface area (Å²) in [5.74, 6) is 1.74. The highest BCUT2D eigenvalue weighted by Crippen LogP contribution is 2.38. The molecule has 0 unspecified atom stereocenters. The average Bonchev–Trinajstić information content (AvgIpc) is 3.17. The number of aromatic nitrogens is 2. The summed E-state index contributed by atoms with van der Waals surface area (Å²) in [6.45, 7) is 2.80. The molecule has 3 aromatic rings. The van der Waals surface area contributed by atoms with Crippen molar-refractivity contribution in [3.05, 3.63) is 59.9 Å². The molecule has 0 spiro atoms. The van der Waals surface area contributed by atoms with Crippen LogP contribution in [0.1, 0.15) is 56.2 Å². The molecule has 2 heterocycles. The number of hydrogen-bond acceptors (Lipinski definition) is 5. The lowest BCUT2D eigenvalue weighted by atomic mass is 9.87. The van der Waals surface area contributed by atoms with Crippen molar-refractivity contribution in [1.82, 2.24) is 9.38 Å². The summed E-state index contributed by atoms with van der Waals surface area (Å²) in [7, 11) is 0. The SMILES string of the molecule is CCOC(=O)CNc1c(C2CCCCC2)nc2c(OCc3ccccc3)cccn12. The highest BCUT2D eigenvalue weighted by Gasteiger charge is 2.25. The van der Waals surface area contributed by atoms with E-state index in [1.54, 1.807) is 0 Å². The molecule has 0 radical (unpaired) electrons. The molecule has 2 aromatic heterocycles. The van der Waals surface area contributed by atoms with E-state index in [1.807, 2.05) is 60.0 Å². The van der Waals surface area contributed by atoms with Crippen molar-refractivity contribution in [1.29, 1.82) is 0 Å². The lowest BCUT2D eigenvalue weighted by Gasteiger charge is -2.21. The number of nitrogens with one attached hydrogen (secondary N) is 1. The number of imidazole rings is 1. The minimum atomic E-state index is -0.265. The van der Waals surface area contributed by atoms with E-state index in [4.69, 9.17) is 14.5 Å². The molecule has 0 amide bonds. The summed E-state index contributed by atoms with van der Waals surface area (Å²) in [5.41, 5.74) is 2.91. The van der Waals surface area contributed by atoms with E-state index in [1.165, 1.54) is 19.3 Å². The Morgan fingerprint density at radius 2 is 1.93 bits per heavy atom. The molecule has 0 bridgehead atoms. The van der Waals surface area contributed by atoms with Gasteiger partial charge in [-0.15, -0.1) is 0 Å². The second kappa shape index (κ2) is 9.65. The van der Waals surface area contributed by atoms with E-state index in [-0.39, 0.29) is 12.5 Å². The highest BCUT2D eigenvalue weighted by atomic mass is 16.5. The molecule has 1 saturated carbocycles. The quantitative estimate of drug-likeness (QED) is 0.536. The maximum Gasteiger partial charge on any atom is 0.325 e. The van der Waals surface area contributed by atoms with Crippen LogP contribution in [0.2, 0.25) is 0 Å². The predicted molar refractivity (Wildman–Crippen MR) is 117 cm³/mol. The van der Waals surface area contributed by atoms with Crippen LogP contribution in [0.15, 0.2) is 48.7 Å². The first-order valence-electron chi connectivity index (χ1n) is 10.8. The van der Waals surface area contributed by atoms with Gasteiger partial charge in [0.15, 0.2) is 11.4 Å². The smallest absolute Gasteiger partial charge is 0.325 e. The third-order valence-electron chi connectivity index (χ3n) is 5.58. The molecule has 1 fully saturated rings. The van der Waals surface area contributed by atoms with Gasteiger partial charge in [-0.1, -0.05) is 49.6 Å². The van der Waals surface area contributed by atoms with E-state index < -0.39 is 0 Å². The fourth-order valence-corrected chi connectivity index (χ4v) is 4.11. The zero-order valence-electron chi connectivity index (χ0n) is 17.5. The van der Waals surface area contributed by atoms with E-state index in [9.17, 15) is 4.79 Å². The lowest BCUT2D eigenvalue weighted by Crippen LogP contribution is -2.19. The third kappa shape index (κ3) is 4.58. The van der Waals surface area contributed by atoms with Crippen LogP contribution < -0.4 is 10.1 Å². The third-order valence-corrected chi connectivity index (χ3v) is 5.58. The van der Waals surface area contributed by atoms with E-state index >= 15 is 0 Å². The van der Waals surface area contributed by atoms with Gasteiger partial charge in [-0.2, -0.15) is 0 Å². The molecule has 30 heavy (non-hydrogen) atoms. The topological polar surface area (TPSA) is 64.9 Å². The van der Waals surface area contributed by atoms with Gasteiger partial charge >= 0.3 is 5.97 Å². The number of esters is 1. The van der Waals surface area contributed by atoms with Gasteiger partial charge in [-0.3, -0.25) is 9.20 Å². The zero-order chi connectivity index (χ0) is 20.8. The maximum atomic E-state index is 11.9. The van der Waals surface area contributed by atoms with Crippen LogP contribution in [-0.2, 0) is 16.1 Å². The van der Waals surface area contributed by atoms with Gasteiger partial charge in [-0.05, 0) is 37.5 Å². The first kappa shape index (κ1) is 20.3. The summed E-state index contributed by atoms with van der Waals surface area (Å²) in [6, 6.07) is 14.0. The molecule has 1 aromatic carbocycles. The van der Waals surface area contributed by atoms with Gasteiger partial charge in [0.05, 0.1) is 12.3 Å². The molecule has 6 heteroatoms. The normalized spacial score (nSPS) is 14.6. The average molecular weight is 408 g/mol. The van der Waals surface area contributed by atoms with Crippen LogP contribution in [-0.4, -0.2) is 28.5 Å². The van der Waals surface area contributed by atoms with Gasteiger partial charge in [0.1, 0.15) is 19.0 Å². The fraction of sp³-hybridized carbons (Fsp3) is 0.417. The molecule has 0 atom stereocenters. The monoisotopic (exact) mass is 407 g/mol. The van der Waals surface area contributed by atoms with Crippen LogP contribution in [0, 0.1) is 0 Å². The molecule has 6 nitrogen and oxygen atoms in total. The molecule has 0 saturated heterocycles. The number of pyridine rings is 1. The van der Waals surface area contributed by atoms with Crippen molar-refractivity contribution in [2.45, 2.75) is 51.6 Å². The van der Waals surface area contributed by atoms with Crippen molar-refractivity contribution in [3.8, 4) is 5.75 Å². The Kier molecular flexibility index (Phi) is 6.52. The molecule has 0 aliphatic heterocycles. The molecule has 1 N–H and O–H groups in total. The van der Waals surface area contributed by atoms with Crippen LogP contribution in [0.4, 0.5) is 5.82 Å². The second-order valence-electron chi connectivity index (χ2n) is 7.68. The van der Waals surface area contributed by atoms with Crippen LogP contribution in [0.3, 0.4) is 0 Å². The summed E-state index contributed by atoms with van der Waals surface area (Å²) >= 11 is 0. The molecule has 158 valence electrons. The Balaban J connectivity index is 1.64. The number of carbonyl (C=O) groups is 1. The standard InChI is InChI=1S/C24H29N3O3/c1-2-29-21(28)16-25-24-22(19-12-7-4-8-13-19)26-23-20(14-9-15-27(23)24)30-17-18-10-5-3-6-11-18/h3,5-6,9-11,14-15,19,25H,2,4,7-8,12-13,16-17H2,1H3. The fourth-order valence-electron chi connectivity index (χ4n) is 4.11. The van der Waals surface area contributed by atoms with Crippen LogP contribution in [0.5, 0.6) is 5.75 Å². The van der Waals surface area contributed by atoms with Gasteiger partial charge in [0, 0.05) is 12.1 Å². The lowest BCUT2D eigenvalue weighted by molar-refractivity contribution is -0.140. The molecular formula is C24H29N3O3. The first-order valence-corrected chi connectivity index (χ1v) is 10.8. The number of nitrogens with zero attached hydrogens (tertiary/aromatic N) is 2. The zero-order valence-corrected chi connectivity index (χ0v) is 17.5. The van der Waals surface area contributed by atoms with Crippen molar-refractivity contribution < 1.29 is 14.3 Å². The Hall–Kier alpha value is -3.02.